The van der Waals surface area contributed by atoms with Crippen molar-refractivity contribution >= 4 is 17.3 Å². The highest BCUT2D eigenvalue weighted by Crippen LogP contribution is 2.39. The molecule has 0 aromatic heterocycles. The normalized spacial score (nSPS) is 16.9. The lowest BCUT2D eigenvalue weighted by Gasteiger charge is -2.08. The SMILES string of the molecule is O=C(Cc1ccccc1)ON=C1C2=CCCC=C2c2ccccc21. The molecule has 3 nitrogen and oxygen atoms in total. The summed E-state index contributed by atoms with van der Waals surface area (Å²) in [4.78, 5) is 17.3. The second-order valence-corrected chi connectivity index (χ2v) is 5.92. The first-order valence-electron chi connectivity index (χ1n) is 8.15. The van der Waals surface area contributed by atoms with Gasteiger partial charge < -0.3 is 4.84 Å². The molecule has 2 aliphatic rings. The Labute approximate surface area is 141 Å². The number of carbonyl (C=O) groups is 1. The van der Waals surface area contributed by atoms with Gasteiger partial charge in [0.2, 0.25) is 0 Å². The zero-order chi connectivity index (χ0) is 16.4. The lowest BCUT2D eigenvalue weighted by Crippen LogP contribution is -2.08. The summed E-state index contributed by atoms with van der Waals surface area (Å²) in [6, 6.07) is 17.7. The molecule has 4 rings (SSSR count). The zero-order valence-corrected chi connectivity index (χ0v) is 13.2. The number of fused-ring (bicyclic) bond motifs is 3. The summed E-state index contributed by atoms with van der Waals surface area (Å²) in [5.41, 5.74) is 6.17. The standard InChI is InChI=1S/C21H17NO2/c23-20(14-15-8-2-1-3-9-15)24-22-21-18-12-6-4-10-16(18)17-11-5-7-13-19(17)21/h1-4,6,8-13H,5,7,14H2. The van der Waals surface area contributed by atoms with Crippen molar-refractivity contribution in [3.63, 3.8) is 0 Å². The van der Waals surface area contributed by atoms with Crippen LogP contribution in [0, 0.1) is 0 Å². The molecule has 118 valence electrons. The fourth-order valence-corrected chi connectivity index (χ4v) is 3.21. The molecule has 3 heteroatoms. The molecule has 0 amide bonds. The molecule has 0 spiro atoms. The molecule has 0 saturated carbocycles. The third-order valence-corrected chi connectivity index (χ3v) is 4.31. The molecule has 0 radical (unpaired) electrons. The van der Waals surface area contributed by atoms with E-state index in [2.05, 4.69) is 23.4 Å². The Kier molecular flexibility index (Phi) is 3.83. The maximum Gasteiger partial charge on any atom is 0.339 e. The molecule has 2 aromatic rings. The molecule has 0 fully saturated rings. The van der Waals surface area contributed by atoms with E-state index >= 15 is 0 Å². The Morgan fingerprint density at radius 1 is 0.875 bits per heavy atom. The smallest absolute Gasteiger partial charge is 0.317 e. The number of carbonyl (C=O) groups excluding carboxylic acids is 1. The van der Waals surface area contributed by atoms with Gasteiger partial charge in [0, 0.05) is 11.1 Å². The molecule has 0 bridgehead atoms. The van der Waals surface area contributed by atoms with Crippen molar-refractivity contribution in [3.8, 4) is 0 Å². The number of oxime groups is 1. The maximum absolute atomic E-state index is 12.1. The van der Waals surface area contributed by atoms with Gasteiger partial charge in [-0.1, -0.05) is 71.9 Å². The first-order chi connectivity index (χ1) is 11.8. The van der Waals surface area contributed by atoms with Crippen molar-refractivity contribution < 1.29 is 9.63 Å². The fraction of sp³-hybridized carbons (Fsp3) is 0.143. The third-order valence-electron chi connectivity index (χ3n) is 4.31. The Balaban J connectivity index is 1.59. The molecular weight excluding hydrogens is 298 g/mol. The molecular formula is C21H17NO2. The monoisotopic (exact) mass is 315 g/mol. The number of allylic oxidation sites excluding steroid dienone is 4. The number of benzene rings is 2. The summed E-state index contributed by atoms with van der Waals surface area (Å²) < 4.78 is 0. The van der Waals surface area contributed by atoms with Gasteiger partial charge in [-0.15, -0.1) is 0 Å². The van der Waals surface area contributed by atoms with Gasteiger partial charge in [-0.05, 0) is 29.5 Å². The van der Waals surface area contributed by atoms with Crippen LogP contribution in [0.4, 0.5) is 0 Å². The molecule has 24 heavy (non-hydrogen) atoms. The quantitative estimate of drug-likeness (QED) is 0.626. The van der Waals surface area contributed by atoms with Crippen LogP contribution in [0.2, 0.25) is 0 Å². The molecule has 0 saturated heterocycles. The van der Waals surface area contributed by atoms with Crippen LogP contribution in [0.25, 0.3) is 5.57 Å². The van der Waals surface area contributed by atoms with Crippen LogP contribution in [-0.4, -0.2) is 11.7 Å². The van der Waals surface area contributed by atoms with Crippen LogP contribution >= 0.6 is 0 Å². The molecule has 0 N–H and O–H groups in total. The summed E-state index contributed by atoms with van der Waals surface area (Å²) in [5, 5.41) is 4.20. The topological polar surface area (TPSA) is 38.7 Å². The number of hydrogen-bond acceptors (Lipinski definition) is 3. The maximum atomic E-state index is 12.1. The van der Waals surface area contributed by atoms with E-state index in [-0.39, 0.29) is 12.4 Å². The van der Waals surface area contributed by atoms with Crippen molar-refractivity contribution in [1.29, 1.82) is 0 Å². The van der Waals surface area contributed by atoms with Crippen LogP contribution in [0.1, 0.15) is 29.5 Å². The van der Waals surface area contributed by atoms with E-state index < -0.39 is 0 Å². The van der Waals surface area contributed by atoms with Gasteiger partial charge in [0.1, 0.15) is 5.71 Å². The zero-order valence-electron chi connectivity index (χ0n) is 13.2. The lowest BCUT2D eigenvalue weighted by atomic mass is 9.98. The van der Waals surface area contributed by atoms with Crippen molar-refractivity contribution in [1.82, 2.24) is 0 Å². The van der Waals surface area contributed by atoms with Crippen LogP contribution in [0.5, 0.6) is 0 Å². The van der Waals surface area contributed by atoms with E-state index in [0.717, 1.165) is 35.3 Å². The highest BCUT2D eigenvalue weighted by atomic mass is 16.7. The lowest BCUT2D eigenvalue weighted by molar-refractivity contribution is -0.142. The Morgan fingerprint density at radius 3 is 2.33 bits per heavy atom. The van der Waals surface area contributed by atoms with E-state index in [4.69, 9.17) is 4.84 Å². The summed E-state index contributed by atoms with van der Waals surface area (Å²) in [6.07, 6.45) is 6.67. The van der Waals surface area contributed by atoms with Crippen LogP contribution in [-0.2, 0) is 16.1 Å². The van der Waals surface area contributed by atoms with Gasteiger partial charge in [-0.2, -0.15) is 0 Å². The van der Waals surface area contributed by atoms with Crippen molar-refractivity contribution in [2.24, 2.45) is 5.16 Å². The van der Waals surface area contributed by atoms with Gasteiger partial charge in [0.25, 0.3) is 0 Å². The molecule has 0 heterocycles. The molecule has 0 atom stereocenters. The molecule has 0 unspecified atom stereocenters. The Bertz CT molecular complexity index is 876. The van der Waals surface area contributed by atoms with E-state index in [0.29, 0.717) is 0 Å². The first-order valence-corrected chi connectivity index (χ1v) is 8.15. The van der Waals surface area contributed by atoms with Crippen LogP contribution < -0.4 is 0 Å². The summed E-state index contributed by atoms with van der Waals surface area (Å²) in [6.45, 7) is 0. The molecule has 2 aliphatic carbocycles. The predicted molar refractivity (Wildman–Crippen MR) is 94.5 cm³/mol. The van der Waals surface area contributed by atoms with Gasteiger partial charge in [-0.3, -0.25) is 0 Å². The minimum atomic E-state index is -0.347. The average molecular weight is 315 g/mol. The van der Waals surface area contributed by atoms with Gasteiger partial charge in [-0.25, -0.2) is 4.79 Å². The number of rotatable bonds is 3. The van der Waals surface area contributed by atoms with Gasteiger partial charge in [0.05, 0.1) is 6.42 Å². The average Bonchev–Trinajstić information content (AvgIpc) is 2.95. The molecule has 2 aromatic carbocycles. The fourth-order valence-electron chi connectivity index (χ4n) is 3.21. The second kappa shape index (κ2) is 6.28. The minimum absolute atomic E-state index is 0.223. The number of hydrogen-bond donors (Lipinski definition) is 0. The highest BCUT2D eigenvalue weighted by molar-refractivity contribution is 6.29. The Morgan fingerprint density at radius 2 is 1.54 bits per heavy atom. The Hall–Kier alpha value is -2.94. The second-order valence-electron chi connectivity index (χ2n) is 5.92. The van der Waals surface area contributed by atoms with Crippen LogP contribution in [0.15, 0.2) is 77.5 Å². The summed E-state index contributed by atoms with van der Waals surface area (Å²) in [7, 11) is 0. The van der Waals surface area contributed by atoms with E-state index in [9.17, 15) is 4.79 Å². The largest absolute Gasteiger partial charge is 0.339 e. The highest BCUT2D eigenvalue weighted by Gasteiger charge is 2.29. The number of nitrogens with zero attached hydrogens (tertiary/aromatic N) is 1. The van der Waals surface area contributed by atoms with E-state index in [1.54, 1.807) is 0 Å². The van der Waals surface area contributed by atoms with E-state index in [1.807, 2.05) is 48.5 Å². The minimum Gasteiger partial charge on any atom is -0.317 e. The molecule has 0 aliphatic heterocycles. The van der Waals surface area contributed by atoms with Gasteiger partial charge >= 0.3 is 5.97 Å². The van der Waals surface area contributed by atoms with Gasteiger partial charge in [0.15, 0.2) is 0 Å². The predicted octanol–water partition coefficient (Wildman–Crippen LogP) is 4.29. The summed E-state index contributed by atoms with van der Waals surface area (Å²) >= 11 is 0. The van der Waals surface area contributed by atoms with Crippen molar-refractivity contribution in [3.05, 3.63) is 89.0 Å². The van der Waals surface area contributed by atoms with Crippen LogP contribution in [0.3, 0.4) is 0 Å². The first kappa shape index (κ1) is 14.6. The third kappa shape index (κ3) is 2.69. The van der Waals surface area contributed by atoms with Crippen molar-refractivity contribution in [2.75, 3.05) is 0 Å². The summed E-state index contributed by atoms with van der Waals surface area (Å²) in [5.74, 6) is -0.347. The van der Waals surface area contributed by atoms with E-state index in [1.165, 1.54) is 11.1 Å². The van der Waals surface area contributed by atoms with Crippen molar-refractivity contribution in [2.45, 2.75) is 19.3 Å².